The third-order valence-electron chi connectivity index (χ3n) is 16.2. The largest absolute Gasteiger partial charge is 0.460 e. The number of amides is 1. The second-order valence-electron chi connectivity index (χ2n) is 21.7. The number of esters is 1. The van der Waals surface area contributed by atoms with E-state index in [0.717, 1.165) is 18.4 Å². The van der Waals surface area contributed by atoms with Crippen LogP contribution in [0.2, 0.25) is 0 Å². The smallest absolute Gasteiger partial charge is 0.329 e. The first-order chi connectivity index (χ1) is 34.3. The molecular formula is C57H87NO14. The molecule has 3 N–H and O–H groups in total. The number of piperidine rings is 1. The molecule has 0 radical (unpaired) electrons. The maximum absolute atomic E-state index is 14.5. The first kappa shape index (κ1) is 59.2. The number of hydrogen-bond acceptors (Lipinski definition) is 14. The molecule has 0 spiro atoms. The number of cyclic esters (lactones) is 1. The maximum Gasteiger partial charge on any atom is 0.329 e. The summed E-state index contributed by atoms with van der Waals surface area (Å²) >= 11 is 0. The highest BCUT2D eigenvalue weighted by molar-refractivity contribution is 6.39. The fourth-order valence-corrected chi connectivity index (χ4v) is 11.2. The van der Waals surface area contributed by atoms with Gasteiger partial charge in [0.15, 0.2) is 5.78 Å². The van der Waals surface area contributed by atoms with E-state index in [9.17, 15) is 39.3 Å². The third kappa shape index (κ3) is 15.9. The van der Waals surface area contributed by atoms with Crippen LogP contribution >= 0.6 is 0 Å². The predicted octanol–water partition coefficient (Wildman–Crippen LogP) is 7.14. The average molecular weight is 1010 g/mol. The number of fused-ring (bicyclic) bond motifs is 3. The summed E-state index contributed by atoms with van der Waals surface area (Å²) in [5.74, 6) is -8.07. The Morgan fingerprint density at radius 2 is 1.61 bits per heavy atom. The number of carbonyl (C=O) groups is 5. The molecule has 4 heterocycles. The quantitative estimate of drug-likeness (QED) is 0.119. The summed E-state index contributed by atoms with van der Waals surface area (Å²) in [4.78, 5) is 72.7. The van der Waals surface area contributed by atoms with Gasteiger partial charge in [-0.05, 0) is 126 Å². The van der Waals surface area contributed by atoms with Crippen LogP contribution in [0.3, 0.4) is 0 Å². The number of methoxy groups -OCH3 is 2. The molecule has 0 aromatic carbocycles. The van der Waals surface area contributed by atoms with Crippen molar-refractivity contribution in [2.24, 2.45) is 41.4 Å². The van der Waals surface area contributed by atoms with E-state index in [1.807, 2.05) is 44.2 Å². The summed E-state index contributed by atoms with van der Waals surface area (Å²) in [5.41, 5.74) is 1.27. The van der Waals surface area contributed by atoms with Gasteiger partial charge >= 0.3 is 5.97 Å². The Hall–Kier alpha value is -3.67. The zero-order valence-electron chi connectivity index (χ0n) is 44.4. The van der Waals surface area contributed by atoms with Gasteiger partial charge < -0.3 is 48.6 Å². The number of nitrogens with zero attached hydrogens (tertiary/aromatic N) is 1. The minimum Gasteiger partial charge on any atom is -0.460 e. The number of hydrogen-bond donors (Lipinski definition) is 3. The molecule has 2 bridgehead atoms. The summed E-state index contributed by atoms with van der Waals surface area (Å²) in [6.45, 7) is 16.6. The van der Waals surface area contributed by atoms with Crippen LogP contribution in [0.1, 0.15) is 131 Å². The number of Topliss-reactive ketones (excluding diaryl/α,β-unsaturated/α-hetero) is 3. The van der Waals surface area contributed by atoms with Crippen molar-refractivity contribution in [3.8, 4) is 0 Å². The Bertz CT molecular complexity index is 1960. The lowest BCUT2D eigenvalue weighted by molar-refractivity contribution is -0.266. The summed E-state index contributed by atoms with van der Waals surface area (Å²) in [5, 5.41) is 34.3. The first-order valence-corrected chi connectivity index (χ1v) is 26.8. The topological polar surface area (TPSA) is 205 Å². The zero-order chi connectivity index (χ0) is 52.7. The molecule has 15 heteroatoms. The molecule has 4 aliphatic heterocycles. The predicted molar refractivity (Wildman–Crippen MR) is 272 cm³/mol. The molecule has 1 aliphatic carbocycles. The van der Waals surface area contributed by atoms with Crippen molar-refractivity contribution in [1.82, 2.24) is 4.90 Å². The highest BCUT2D eigenvalue weighted by Gasteiger charge is 2.53. The standard InChI is InChI=1S/C57H87NO14/c1-10-41-17-13-11-12-16-35(2)48(70-34-42-23-26-69-27-24-42)32-44-21-19-40(7)57(66,72-44)54(63)55(64)58-25-15-14-18-45(58)56(65)71-49(37(4)29-43-20-22-46(59)50(31-43)67-8)33-47(60)36(3)28-38(5)51(61)53(68-9)52(62)39(6)30-41/h10-13,16-17,28,36-37,39-46,48-51,53,59,61,66H,1,14-15,18-27,29-34H2,2-9H3/b12-11+,17-13+,35-16+,38-28+/t36-,37-,39-,40-,41-,43+,44+,45?,46-,48?,49+,50-,51-,53-,57-/m1/s1. The number of aliphatic hydroxyl groups is 3. The van der Waals surface area contributed by atoms with E-state index in [0.29, 0.717) is 95.5 Å². The molecule has 404 valence electrons. The normalized spacial score (nSPS) is 39.1. The van der Waals surface area contributed by atoms with Crippen LogP contribution in [0, 0.1) is 41.4 Å². The molecule has 5 aliphatic rings. The van der Waals surface area contributed by atoms with Crippen LogP contribution < -0.4 is 0 Å². The van der Waals surface area contributed by atoms with E-state index >= 15 is 0 Å². The molecular weight excluding hydrogens is 923 g/mol. The monoisotopic (exact) mass is 1010 g/mol. The van der Waals surface area contributed by atoms with Gasteiger partial charge in [-0.1, -0.05) is 70.2 Å². The average Bonchev–Trinajstić information content (AvgIpc) is 3.37. The molecule has 0 aromatic heterocycles. The third-order valence-corrected chi connectivity index (χ3v) is 16.2. The van der Waals surface area contributed by atoms with E-state index < -0.39 is 83.9 Å². The van der Waals surface area contributed by atoms with E-state index in [2.05, 4.69) is 6.58 Å². The van der Waals surface area contributed by atoms with E-state index in [1.165, 1.54) is 12.0 Å². The van der Waals surface area contributed by atoms with Crippen molar-refractivity contribution < 1.29 is 67.7 Å². The highest BCUT2D eigenvalue weighted by atomic mass is 16.6. The molecule has 2 unspecified atom stereocenters. The number of ether oxygens (including phenoxy) is 6. The van der Waals surface area contributed by atoms with Crippen molar-refractivity contribution in [3.05, 3.63) is 60.3 Å². The fraction of sp³-hybridized carbons (Fsp3) is 0.737. The number of ketones is 3. The second kappa shape index (κ2) is 28.3. The molecule has 15 atom stereocenters. The van der Waals surface area contributed by atoms with Gasteiger partial charge in [0.2, 0.25) is 5.79 Å². The van der Waals surface area contributed by atoms with Crippen LogP contribution in [0.5, 0.6) is 0 Å². The van der Waals surface area contributed by atoms with Crippen molar-refractivity contribution in [1.29, 1.82) is 0 Å². The minimum atomic E-state index is -2.46. The molecule has 1 amide bonds. The molecule has 72 heavy (non-hydrogen) atoms. The molecule has 3 saturated heterocycles. The minimum absolute atomic E-state index is 0.0798. The Balaban J connectivity index is 1.49. The molecule has 15 nitrogen and oxygen atoms in total. The lowest BCUT2D eigenvalue weighted by Gasteiger charge is -2.43. The van der Waals surface area contributed by atoms with Crippen LogP contribution in [0.4, 0.5) is 0 Å². The summed E-state index contributed by atoms with van der Waals surface area (Å²) in [6, 6.07) is -1.15. The van der Waals surface area contributed by atoms with Crippen LogP contribution in [0.15, 0.2) is 60.3 Å². The summed E-state index contributed by atoms with van der Waals surface area (Å²) < 4.78 is 36.0. The van der Waals surface area contributed by atoms with Gasteiger partial charge in [0.25, 0.3) is 11.7 Å². The van der Waals surface area contributed by atoms with Gasteiger partial charge in [-0.15, -0.1) is 6.58 Å². The van der Waals surface area contributed by atoms with Crippen LogP contribution in [-0.2, 0) is 52.4 Å². The zero-order valence-corrected chi connectivity index (χ0v) is 44.4. The second-order valence-corrected chi connectivity index (χ2v) is 21.7. The van der Waals surface area contributed by atoms with Crippen molar-refractivity contribution in [2.45, 2.75) is 186 Å². The Morgan fingerprint density at radius 1 is 0.875 bits per heavy atom. The maximum atomic E-state index is 14.5. The molecule has 0 aromatic rings. The summed E-state index contributed by atoms with van der Waals surface area (Å²) in [7, 11) is 2.94. The van der Waals surface area contributed by atoms with Gasteiger partial charge in [0, 0.05) is 64.6 Å². The fourth-order valence-electron chi connectivity index (χ4n) is 11.2. The van der Waals surface area contributed by atoms with Crippen molar-refractivity contribution in [3.63, 3.8) is 0 Å². The Morgan fingerprint density at radius 3 is 2.31 bits per heavy atom. The SMILES string of the molecule is C=C[C@@H]1/C=C/C=C/C=C(\C)C(OCC2CCOCC2)C[C@@H]2CC[C@@H](C)[C@@](O)(O2)C(=O)C(=O)N2CCCCC2C(=O)O[C@H]([C@H](C)C[C@@H]2CC[C@@H](O)[C@H](OC)C2)CC(=O)[C@H](C)/C=C(\C)[C@@H](O)[C@@H](OC)C(=O)[C@H](C)C1. The van der Waals surface area contributed by atoms with Gasteiger partial charge in [-0.2, -0.15) is 0 Å². The first-order valence-electron chi connectivity index (χ1n) is 26.8. The number of rotatable bonds is 9. The Labute approximate surface area is 428 Å². The van der Waals surface area contributed by atoms with Gasteiger partial charge in [0.05, 0.1) is 31.0 Å². The van der Waals surface area contributed by atoms with E-state index in [-0.39, 0.29) is 54.8 Å². The van der Waals surface area contributed by atoms with Gasteiger partial charge in [-0.3, -0.25) is 19.2 Å². The molecule has 1 saturated carbocycles. The molecule has 4 fully saturated rings. The van der Waals surface area contributed by atoms with E-state index in [1.54, 1.807) is 47.0 Å². The number of allylic oxidation sites excluding steroid dienone is 7. The van der Waals surface area contributed by atoms with Crippen molar-refractivity contribution in [2.75, 3.05) is 40.6 Å². The van der Waals surface area contributed by atoms with Crippen molar-refractivity contribution >= 4 is 29.2 Å². The van der Waals surface area contributed by atoms with Gasteiger partial charge in [-0.25, -0.2) is 4.79 Å². The number of carbonyl (C=O) groups excluding carboxylic acids is 5. The lowest BCUT2D eigenvalue weighted by atomic mass is 9.78. The number of aliphatic hydroxyl groups excluding tert-OH is 2. The Kier molecular flexibility index (Phi) is 23.3. The van der Waals surface area contributed by atoms with E-state index in [4.69, 9.17) is 28.4 Å². The van der Waals surface area contributed by atoms with Crippen LogP contribution in [-0.4, -0.2) is 145 Å². The lowest BCUT2D eigenvalue weighted by Crippen LogP contribution is -2.61. The van der Waals surface area contributed by atoms with Crippen LogP contribution in [0.25, 0.3) is 0 Å². The highest BCUT2D eigenvalue weighted by Crippen LogP contribution is 2.38. The van der Waals surface area contributed by atoms with Gasteiger partial charge in [0.1, 0.15) is 30.1 Å². The summed E-state index contributed by atoms with van der Waals surface area (Å²) in [6.07, 6.45) is 14.3. The molecule has 5 rings (SSSR count).